The highest BCUT2D eigenvalue weighted by atomic mass is 19.1. The van der Waals surface area contributed by atoms with Crippen molar-refractivity contribution < 1.29 is 14.0 Å². The first-order chi connectivity index (χ1) is 17.8. The monoisotopic (exact) mass is 499 g/mol. The van der Waals surface area contributed by atoms with Crippen molar-refractivity contribution in [2.45, 2.75) is 26.4 Å². The van der Waals surface area contributed by atoms with Crippen molar-refractivity contribution in [3.8, 4) is 11.4 Å². The van der Waals surface area contributed by atoms with Crippen LogP contribution in [0.2, 0.25) is 0 Å². The first-order valence-electron chi connectivity index (χ1n) is 11.7. The van der Waals surface area contributed by atoms with E-state index in [-0.39, 0.29) is 23.9 Å². The molecule has 4 aromatic rings. The summed E-state index contributed by atoms with van der Waals surface area (Å²) >= 11 is 0. The highest BCUT2D eigenvalue weighted by Crippen LogP contribution is 2.22. The van der Waals surface area contributed by atoms with E-state index in [4.69, 9.17) is 0 Å². The fourth-order valence-corrected chi connectivity index (χ4v) is 3.78. The number of carbonyl (C=O) groups excluding carboxylic acids is 2. The van der Waals surface area contributed by atoms with Crippen LogP contribution in [0.25, 0.3) is 11.4 Å². The lowest BCUT2D eigenvalue weighted by Crippen LogP contribution is -2.38. The number of hydrogen-bond acceptors (Lipinski definition) is 6. The van der Waals surface area contributed by atoms with Crippen molar-refractivity contribution >= 4 is 17.4 Å². The second-order valence-corrected chi connectivity index (χ2v) is 8.62. The first-order valence-corrected chi connectivity index (χ1v) is 11.7. The maximum absolute atomic E-state index is 13.6. The van der Waals surface area contributed by atoms with Crippen molar-refractivity contribution in [3.05, 3.63) is 112 Å². The predicted octanol–water partition coefficient (Wildman–Crippen LogP) is 3.58. The number of carbonyl (C=O) groups is 2. The quantitative estimate of drug-likeness (QED) is 0.359. The largest absolute Gasteiger partial charge is 0.319 e. The molecule has 2 N–H and O–H groups in total. The number of anilines is 1. The lowest BCUT2D eigenvalue weighted by molar-refractivity contribution is -0.117. The van der Waals surface area contributed by atoms with Crippen LogP contribution in [-0.2, 0) is 11.3 Å². The Morgan fingerprint density at radius 3 is 2.46 bits per heavy atom. The van der Waals surface area contributed by atoms with Gasteiger partial charge in [-0.2, -0.15) is 0 Å². The fraction of sp³-hybridized carbons (Fsp3) is 0.179. The second kappa shape index (κ2) is 11.0. The number of rotatable bonds is 8. The highest BCUT2D eigenvalue weighted by Gasteiger charge is 2.18. The molecule has 0 spiro atoms. The Morgan fingerprint density at radius 2 is 1.76 bits per heavy atom. The Morgan fingerprint density at radius 1 is 1.03 bits per heavy atom. The van der Waals surface area contributed by atoms with E-state index in [1.165, 1.54) is 41.2 Å². The van der Waals surface area contributed by atoms with Gasteiger partial charge in [-0.1, -0.05) is 24.3 Å². The molecule has 1 atom stereocenters. The number of benzene rings is 2. The average molecular weight is 500 g/mol. The number of aromatic nitrogens is 3. The van der Waals surface area contributed by atoms with E-state index in [0.717, 1.165) is 11.1 Å². The molecule has 9 heteroatoms. The van der Waals surface area contributed by atoms with E-state index >= 15 is 0 Å². The van der Waals surface area contributed by atoms with Gasteiger partial charge in [-0.25, -0.2) is 9.37 Å². The Kier molecular flexibility index (Phi) is 7.64. The summed E-state index contributed by atoms with van der Waals surface area (Å²) in [6, 6.07) is 13.9. The molecule has 0 saturated heterocycles. The number of pyridine rings is 1. The summed E-state index contributed by atoms with van der Waals surface area (Å²) in [4.78, 5) is 47.6. The van der Waals surface area contributed by atoms with Crippen molar-refractivity contribution in [2.75, 3.05) is 12.4 Å². The molecule has 188 valence electrons. The third-order valence-corrected chi connectivity index (χ3v) is 6.02. The lowest BCUT2D eigenvalue weighted by atomic mass is 10.0. The molecule has 4 rings (SSSR count). The van der Waals surface area contributed by atoms with Gasteiger partial charge in [0.2, 0.25) is 5.91 Å². The molecular formula is C28H26FN5O3. The molecule has 2 aromatic carbocycles. The minimum absolute atomic E-state index is 0.0379. The van der Waals surface area contributed by atoms with E-state index in [2.05, 4.69) is 20.6 Å². The van der Waals surface area contributed by atoms with Gasteiger partial charge in [-0.3, -0.25) is 23.9 Å². The number of likely N-dealkylation sites (N-methyl/N-ethyl adjacent to an activating group) is 1. The minimum Gasteiger partial charge on any atom is -0.319 e. The molecule has 1 amide bonds. The molecule has 0 radical (unpaired) electrons. The number of aryl methyl sites for hydroxylation is 1. The molecule has 0 aliphatic rings. The Hall–Kier alpha value is -4.50. The van der Waals surface area contributed by atoms with Gasteiger partial charge in [0.25, 0.3) is 5.56 Å². The topological polar surface area (TPSA) is 106 Å². The van der Waals surface area contributed by atoms with Gasteiger partial charge < -0.3 is 10.6 Å². The van der Waals surface area contributed by atoms with Gasteiger partial charge in [0.15, 0.2) is 5.78 Å². The third-order valence-electron chi connectivity index (χ3n) is 6.02. The van der Waals surface area contributed by atoms with Crippen LogP contribution < -0.4 is 16.2 Å². The number of nitrogens with one attached hydrogen (secondary N) is 2. The summed E-state index contributed by atoms with van der Waals surface area (Å²) in [5.41, 5.74) is 2.47. The summed E-state index contributed by atoms with van der Waals surface area (Å²) in [6.07, 6.45) is 4.34. The lowest BCUT2D eigenvalue weighted by Gasteiger charge is -2.17. The van der Waals surface area contributed by atoms with Gasteiger partial charge in [-0.15, -0.1) is 0 Å². The number of ketones is 1. The first kappa shape index (κ1) is 25.6. The van der Waals surface area contributed by atoms with E-state index in [9.17, 15) is 18.8 Å². The van der Waals surface area contributed by atoms with Gasteiger partial charge in [-0.05, 0) is 62.4 Å². The molecule has 0 aliphatic heterocycles. The average Bonchev–Trinajstić information content (AvgIpc) is 2.91. The molecule has 2 aromatic heterocycles. The summed E-state index contributed by atoms with van der Waals surface area (Å²) in [5, 5.41) is 5.47. The van der Waals surface area contributed by atoms with Gasteiger partial charge in [0.05, 0.1) is 18.8 Å². The maximum Gasteiger partial charge on any atom is 0.277 e. The zero-order valence-electron chi connectivity index (χ0n) is 20.7. The molecule has 0 saturated carbocycles. The summed E-state index contributed by atoms with van der Waals surface area (Å²) < 4.78 is 14.7. The summed E-state index contributed by atoms with van der Waals surface area (Å²) in [5.74, 6) is -0.709. The van der Waals surface area contributed by atoms with Gasteiger partial charge in [0, 0.05) is 29.1 Å². The molecule has 37 heavy (non-hydrogen) atoms. The number of nitrogens with zero attached hydrogens (tertiary/aromatic N) is 3. The number of hydrogen-bond donors (Lipinski definition) is 2. The SMILES string of the molecule is CN[C@@H](C)C(=O)Nc1cnc(-c2ccccc2C)n(Cc2cncc(C(=O)c3ccc(F)cc3)c2)c1=O. The zero-order chi connectivity index (χ0) is 26.5. The van der Waals surface area contributed by atoms with Crippen LogP contribution in [0.4, 0.5) is 10.1 Å². The zero-order valence-corrected chi connectivity index (χ0v) is 20.7. The summed E-state index contributed by atoms with van der Waals surface area (Å²) in [6.45, 7) is 3.65. The maximum atomic E-state index is 13.6. The number of amides is 1. The number of halogens is 1. The van der Waals surface area contributed by atoms with Crippen molar-refractivity contribution in [1.29, 1.82) is 0 Å². The van der Waals surface area contributed by atoms with Crippen LogP contribution >= 0.6 is 0 Å². The van der Waals surface area contributed by atoms with Crippen LogP contribution in [0.3, 0.4) is 0 Å². The molecule has 2 heterocycles. The Bertz CT molecular complexity index is 1520. The van der Waals surface area contributed by atoms with E-state index in [1.54, 1.807) is 26.2 Å². The normalized spacial score (nSPS) is 11.7. The molecule has 0 aliphatic carbocycles. The van der Waals surface area contributed by atoms with Crippen LogP contribution in [0.1, 0.15) is 34.0 Å². The van der Waals surface area contributed by atoms with Crippen molar-refractivity contribution in [1.82, 2.24) is 19.9 Å². The highest BCUT2D eigenvalue weighted by molar-refractivity contribution is 6.08. The molecule has 0 fully saturated rings. The smallest absolute Gasteiger partial charge is 0.277 e. The third kappa shape index (κ3) is 5.68. The molecular weight excluding hydrogens is 473 g/mol. The predicted molar refractivity (Wildman–Crippen MR) is 139 cm³/mol. The van der Waals surface area contributed by atoms with Crippen LogP contribution in [0.5, 0.6) is 0 Å². The van der Waals surface area contributed by atoms with E-state index < -0.39 is 17.4 Å². The second-order valence-electron chi connectivity index (χ2n) is 8.62. The standard InChI is InChI=1S/C28H26FN5O3/c1-17-6-4-5-7-23(17)26-32-15-24(33-27(36)18(2)30-3)28(37)34(26)16-19-12-21(14-31-13-19)25(35)20-8-10-22(29)11-9-20/h4-15,18,30H,16H2,1-3H3,(H,33,36)/t18-/m0/s1. The van der Waals surface area contributed by atoms with Crippen LogP contribution in [-0.4, -0.2) is 39.3 Å². The van der Waals surface area contributed by atoms with Crippen molar-refractivity contribution in [2.24, 2.45) is 0 Å². The molecule has 0 unspecified atom stereocenters. The van der Waals surface area contributed by atoms with Gasteiger partial charge >= 0.3 is 0 Å². The van der Waals surface area contributed by atoms with E-state index in [0.29, 0.717) is 22.5 Å². The Labute approximate surface area is 213 Å². The molecule has 0 bridgehead atoms. The minimum atomic E-state index is -0.512. The fourth-order valence-electron chi connectivity index (χ4n) is 3.78. The van der Waals surface area contributed by atoms with Crippen molar-refractivity contribution in [3.63, 3.8) is 0 Å². The van der Waals surface area contributed by atoms with E-state index in [1.807, 2.05) is 31.2 Å². The van der Waals surface area contributed by atoms with Crippen LogP contribution in [0, 0.1) is 12.7 Å². The molecule has 8 nitrogen and oxygen atoms in total. The van der Waals surface area contributed by atoms with Crippen LogP contribution in [0.15, 0.2) is 78.0 Å². The van der Waals surface area contributed by atoms with Gasteiger partial charge in [0.1, 0.15) is 17.3 Å². The Balaban J connectivity index is 1.76. The summed E-state index contributed by atoms with van der Waals surface area (Å²) in [7, 11) is 1.65.